The molecule has 4 aromatic rings. The zero-order valence-corrected chi connectivity index (χ0v) is 19.7. The van der Waals surface area contributed by atoms with Crippen LogP contribution in [0.25, 0.3) is 22.2 Å². The van der Waals surface area contributed by atoms with Gasteiger partial charge in [-0.1, -0.05) is 55.8 Å². The van der Waals surface area contributed by atoms with Crippen molar-refractivity contribution in [1.82, 2.24) is 4.98 Å². The lowest BCUT2D eigenvalue weighted by Gasteiger charge is -2.14. The van der Waals surface area contributed by atoms with Gasteiger partial charge in [-0.2, -0.15) is 13.2 Å². The summed E-state index contributed by atoms with van der Waals surface area (Å²) in [4.78, 5) is 17.9. The van der Waals surface area contributed by atoms with Crippen molar-refractivity contribution >= 4 is 34.1 Å². The maximum absolute atomic E-state index is 13.3. The fourth-order valence-corrected chi connectivity index (χ4v) is 3.76. The minimum absolute atomic E-state index is 0.0155. The average molecular weight is 499 g/mol. The number of halogens is 4. The highest BCUT2D eigenvalue weighted by Gasteiger charge is 2.33. The largest absolute Gasteiger partial charge is 0.493 e. The molecule has 0 aliphatic rings. The smallest absolute Gasteiger partial charge is 0.417 e. The second-order valence-electron chi connectivity index (χ2n) is 8.45. The van der Waals surface area contributed by atoms with Gasteiger partial charge >= 0.3 is 6.18 Å². The summed E-state index contributed by atoms with van der Waals surface area (Å²) in [5.41, 5.74) is 1.11. The fourth-order valence-electron chi connectivity index (χ4n) is 3.54. The standard InChI is InChI=1S/C27H22ClF3N2O2/c1-16(2)15-35-19-7-5-6-17(12-19)25-14-21(20-8-3-4-9-24(20)33-25)26(34)32-18-10-11-23(28)22(13-18)27(29,30)31/h3-14,16H,15H2,1-2H3,(H,32,34). The predicted molar refractivity (Wildman–Crippen MR) is 132 cm³/mol. The molecule has 0 saturated heterocycles. The van der Waals surface area contributed by atoms with Gasteiger partial charge in [-0.05, 0) is 48.4 Å². The van der Waals surface area contributed by atoms with Crippen LogP contribution in [0.15, 0.2) is 72.8 Å². The number of carbonyl (C=O) groups excluding carboxylic acids is 1. The molecule has 0 aliphatic heterocycles. The summed E-state index contributed by atoms with van der Waals surface area (Å²) in [6.07, 6.45) is -4.64. The van der Waals surface area contributed by atoms with E-state index in [0.717, 1.165) is 17.7 Å². The Balaban J connectivity index is 1.72. The summed E-state index contributed by atoms with van der Waals surface area (Å²) in [5, 5.41) is 2.70. The molecule has 0 atom stereocenters. The molecule has 4 nitrogen and oxygen atoms in total. The molecule has 0 aliphatic carbocycles. The number of amides is 1. The van der Waals surface area contributed by atoms with E-state index in [1.54, 1.807) is 30.3 Å². The van der Waals surface area contributed by atoms with Crippen molar-refractivity contribution in [3.8, 4) is 17.0 Å². The SMILES string of the molecule is CC(C)COc1cccc(-c2cc(C(=O)Nc3ccc(Cl)c(C(F)(F)F)c3)c3ccccc3n2)c1. The number of benzene rings is 3. The minimum atomic E-state index is -4.64. The molecule has 0 unspecified atom stereocenters. The minimum Gasteiger partial charge on any atom is -0.493 e. The van der Waals surface area contributed by atoms with Crippen molar-refractivity contribution in [2.24, 2.45) is 5.92 Å². The Labute approximate surface area is 205 Å². The Bertz CT molecular complexity index is 1390. The second kappa shape index (κ2) is 9.96. The highest BCUT2D eigenvalue weighted by molar-refractivity contribution is 6.31. The van der Waals surface area contributed by atoms with Gasteiger partial charge in [-0.3, -0.25) is 4.79 Å². The third kappa shape index (κ3) is 5.74. The van der Waals surface area contributed by atoms with Gasteiger partial charge in [0.15, 0.2) is 0 Å². The summed E-state index contributed by atoms with van der Waals surface area (Å²) < 4.78 is 45.6. The first kappa shape index (κ1) is 24.5. The Morgan fingerprint density at radius 2 is 1.80 bits per heavy atom. The van der Waals surface area contributed by atoms with E-state index in [0.29, 0.717) is 34.9 Å². The van der Waals surface area contributed by atoms with Crippen LogP contribution in [0.1, 0.15) is 29.8 Å². The molecule has 35 heavy (non-hydrogen) atoms. The van der Waals surface area contributed by atoms with E-state index in [1.165, 1.54) is 6.07 Å². The van der Waals surface area contributed by atoms with Crippen molar-refractivity contribution in [3.05, 3.63) is 88.9 Å². The van der Waals surface area contributed by atoms with Crippen LogP contribution in [0.3, 0.4) is 0 Å². The van der Waals surface area contributed by atoms with Crippen LogP contribution in [0.5, 0.6) is 5.75 Å². The number of hydrogen-bond acceptors (Lipinski definition) is 3. The summed E-state index contributed by atoms with van der Waals surface area (Å²) in [7, 11) is 0. The number of anilines is 1. The molecule has 8 heteroatoms. The number of ether oxygens (including phenoxy) is 1. The van der Waals surface area contributed by atoms with E-state index < -0.39 is 22.7 Å². The first-order valence-electron chi connectivity index (χ1n) is 10.9. The Morgan fingerprint density at radius 3 is 2.54 bits per heavy atom. The average Bonchev–Trinajstić information content (AvgIpc) is 2.82. The van der Waals surface area contributed by atoms with Crippen molar-refractivity contribution in [1.29, 1.82) is 0 Å². The van der Waals surface area contributed by atoms with Crippen molar-refractivity contribution < 1.29 is 22.7 Å². The summed E-state index contributed by atoms with van der Waals surface area (Å²) in [6.45, 7) is 4.67. The highest BCUT2D eigenvalue weighted by atomic mass is 35.5. The number of para-hydroxylation sites is 1. The summed E-state index contributed by atoms with van der Waals surface area (Å²) in [6, 6.07) is 19.4. The highest BCUT2D eigenvalue weighted by Crippen LogP contribution is 2.36. The first-order chi connectivity index (χ1) is 16.6. The topological polar surface area (TPSA) is 51.2 Å². The van der Waals surface area contributed by atoms with Gasteiger partial charge in [-0.15, -0.1) is 0 Å². The second-order valence-corrected chi connectivity index (χ2v) is 8.86. The van der Waals surface area contributed by atoms with Crippen LogP contribution in [-0.4, -0.2) is 17.5 Å². The molecule has 0 bridgehead atoms. The number of aromatic nitrogens is 1. The summed E-state index contributed by atoms with van der Waals surface area (Å²) >= 11 is 5.70. The number of alkyl halides is 3. The van der Waals surface area contributed by atoms with Gasteiger partial charge in [-0.25, -0.2) is 4.98 Å². The third-order valence-electron chi connectivity index (χ3n) is 5.20. The normalized spacial score (nSPS) is 11.6. The predicted octanol–water partition coefficient (Wildman–Crippen LogP) is 7.86. The van der Waals surface area contributed by atoms with Crippen molar-refractivity contribution in [3.63, 3.8) is 0 Å². The molecule has 1 heterocycles. The number of rotatable bonds is 6. The van der Waals surface area contributed by atoms with E-state index >= 15 is 0 Å². The van der Waals surface area contributed by atoms with Gasteiger partial charge < -0.3 is 10.1 Å². The van der Waals surface area contributed by atoms with E-state index in [1.807, 2.05) is 24.3 Å². The lowest BCUT2D eigenvalue weighted by atomic mass is 10.0. The Morgan fingerprint density at radius 1 is 1.03 bits per heavy atom. The molecule has 0 saturated carbocycles. The summed E-state index contributed by atoms with van der Waals surface area (Å²) in [5.74, 6) is 0.476. The molecule has 1 aromatic heterocycles. The van der Waals surface area contributed by atoms with E-state index in [4.69, 9.17) is 16.3 Å². The maximum atomic E-state index is 13.3. The fraction of sp³-hybridized carbons (Fsp3) is 0.185. The quantitative estimate of drug-likeness (QED) is 0.294. The Hall–Kier alpha value is -3.58. The van der Waals surface area contributed by atoms with E-state index in [2.05, 4.69) is 24.1 Å². The van der Waals surface area contributed by atoms with Gasteiger partial charge in [0, 0.05) is 16.6 Å². The van der Waals surface area contributed by atoms with Crippen LogP contribution in [0.4, 0.5) is 18.9 Å². The number of fused-ring (bicyclic) bond motifs is 1. The molecule has 0 spiro atoms. The van der Waals surface area contributed by atoms with Crippen molar-refractivity contribution in [2.45, 2.75) is 20.0 Å². The Kier molecular flexibility index (Phi) is 6.98. The molecule has 1 N–H and O–H groups in total. The van der Waals surface area contributed by atoms with E-state index in [9.17, 15) is 18.0 Å². The molecular weight excluding hydrogens is 477 g/mol. The molecule has 4 rings (SSSR count). The number of pyridine rings is 1. The molecule has 3 aromatic carbocycles. The van der Waals surface area contributed by atoms with Gasteiger partial charge in [0.2, 0.25) is 0 Å². The van der Waals surface area contributed by atoms with Crippen LogP contribution in [-0.2, 0) is 6.18 Å². The van der Waals surface area contributed by atoms with Crippen molar-refractivity contribution in [2.75, 3.05) is 11.9 Å². The van der Waals surface area contributed by atoms with Crippen LogP contribution < -0.4 is 10.1 Å². The van der Waals surface area contributed by atoms with Gasteiger partial charge in [0.05, 0.1) is 34.0 Å². The van der Waals surface area contributed by atoms with Crippen LogP contribution in [0, 0.1) is 5.92 Å². The molecule has 0 fully saturated rings. The first-order valence-corrected chi connectivity index (χ1v) is 11.3. The molecule has 0 radical (unpaired) electrons. The maximum Gasteiger partial charge on any atom is 0.417 e. The lowest BCUT2D eigenvalue weighted by molar-refractivity contribution is -0.137. The number of nitrogens with one attached hydrogen (secondary N) is 1. The zero-order valence-electron chi connectivity index (χ0n) is 19.0. The number of nitrogens with zero attached hydrogens (tertiary/aromatic N) is 1. The zero-order chi connectivity index (χ0) is 25.2. The molecule has 180 valence electrons. The van der Waals surface area contributed by atoms with Gasteiger partial charge in [0.1, 0.15) is 5.75 Å². The number of hydrogen-bond donors (Lipinski definition) is 1. The monoisotopic (exact) mass is 498 g/mol. The molecular formula is C27H22ClF3N2O2. The van der Waals surface area contributed by atoms with Gasteiger partial charge in [0.25, 0.3) is 5.91 Å². The number of carbonyl (C=O) groups is 1. The van der Waals surface area contributed by atoms with E-state index in [-0.39, 0.29) is 11.3 Å². The third-order valence-corrected chi connectivity index (χ3v) is 5.53. The molecule has 1 amide bonds. The van der Waals surface area contributed by atoms with Crippen LogP contribution in [0.2, 0.25) is 5.02 Å². The lowest BCUT2D eigenvalue weighted by Crippen LogP contribution is -2.14. The van der Waals surface area contributed by atoms with Crippen LogP contribution >= 0.6 is 11.6 Å².